The standard InChI is InChI=1S/C10H10O3.Na.H/c1-3-9(12-5-1)7-11-8-10-4-2-6-13-10;;/h1-6H,7-8H2;;. The van der Waals surface area contributed by atoms with E-state index in [1.165, 1.54) is 0 Å². The number of rotatable bonds is 4. The Hall–Kier alpha value is -0.480. The second-order valence-corrected chi connectivity index (χ2v) is 2.65. The van der Waals surface area contributed by atoms with E-state index in [4.69, 9.17) is 13.6 Å². The summed E-state index contributed by atoms with van der Waals surface area (Å²) in [6.45, 7) is 0.960. The molecule has 0 aliphatic rings. The third-order valence-electron chi connectivity index (χ3n) is 1.65. The number of hydrogen-bond acceptors (Lipinski definition) is 3. The summed E-state index contributed by atoms with van der Waals surface area (Å²) in [5, 5.41) is 0. The Morgan fingerprint density at radius 1 is 0.929 bits per heavy atom. The molecule has 0 aliphatic heterocycles. The van der Waals surface area contributed by atoms with Gasteiger partial charge in [0, 0.05) is 0 Å². The molecule has 0 fully saturated rings. The van der Waals surface area contributed by atoms with Gasteiger partial charge in [-0.1, -0.05) is 0 Å². The van der Waals surface area contributed by atoms with Crippen molar-refractivity contribution in [1.29, 1.82) is 0 Å². The van der Waals surface area contributed by atoms with Gasteiger partial charge in [-0.15, -0.1) is 0 Å². The van der Waals surface area contributed by atoms with Gasteiger partial charge >= 0.3 is 29.6 Å². The SMILES string of the molecule is [NaH].c1coc(COCc2ccco2)c1. The average Bonchev–Trinajstić information content (AvgIpc) is 2.75. The van der Waals surface area contributed by atoms with Crippen molar-refractivity contribution in [2.75, 3.05) is 0 Å². The Labute approximate surface area is 104 Å². The quantitative estimate of drug-likeness (QED) is 0.711. The fraction of sp³-hybridized carbons (Fsp3) is 0.200. The average molecular weight is 202 g/mol. The van der Waals surface area contributed by atoms with E-state index in [0.29, 0.717) is 13.2 Å². The molecule has 0 bridgehead atoms. The van der Waals surface area contributed by atoms with Crippen LogP contribution in [0, 0.1) is 0 Å². The Bertz CT molecular complexity index is 292. The van der Waals surface area contributed by atoms with Crippen LogP contribution in [0.3, 0.4) is 0 Å². The van der Waals surface area contributed by atoms with Crippen molar-refractivity contribution in [2.24, 2.45) is 0 Å². The first-order valence-corrected chi connectivity index (χ1v) is 4.07. The Balaban J connectivity index is 0.000000980. The first-order valence-electron chi connectivity index (χ1n) is 4.07. The summed E-state index contributed by atoms with van der Waals surface area (Å²) in [4.78, 5) is 0. The third kappa shape index (κ3) is 3.35. The van der Waals surface area contributed by atoms with E-state index in [1.807, 2.05) is 24.3 Å². The molecule has 0 amide bonds. The molecule has 3 nitrogen and oxygen atoms in total. The molecular weight excluding hydrogens is 191 g/mol. The van der Waals surface area contributed by atoms with Gasteiger partial charge in [0.15, 0.2) is 0 Å². The molecule has 14 heavy (non-hydrogen) atoms. The maximum Gasteiger partial charge on any atom is 0.129 e. The molecule has 4 heteroatoms. The predicted octanol–water partition coefficient (Wildman–Crippen LogP) is 1.94. The van der Waals surface area contributed by atoms with E-state index >= 15 is 0 Å². The van der Waals surface area contributed by atoms with E-state index < -0.39 is 0 Å². The van der Waals surface area contributed by atoms with Crippen LogP contribution in [0.25, 0.3) is 0 Å². The Morgan fingerprint density at radius 3 is 1.79 bits per heavy atom. The number of furan rings is 2. The number of ether oxygens (including phenoxy) is 1. The summed E-state index contributed by atoms with van der Waals surface area (Å²) < 4.78 is 15.5. The van der Waals surface area contributed by atoms with Gasteiger partial charge in [-0.3, -0.25) is 0 Å². The van der Waals surface area contributed by atoms with Gasteiger partial charge in [-0.05, 0) is 24.3 Å². The minimum Gasteiger partial charge on any atom is -0.467 e. The smallest absolute Gasteiger partial charge is 0.129 e. The number of hydrogen-bond donors (Lipinski definition) is 0. The van der Waals surface area contributed by atoms with Crippen molar-refractivity contribution in [2.45, 2.75) is 13.2 Å². The van der Waals surface area contributed by atoms with Crippen molar-refractivity contribution in [1.82, 2.24) is 0 Å². The third-order valence-corrected chi connectivity index (χ3v) is 1.65. The summed E-state index contributed by atoms with van der Waals surface area (Å²) in [6.07, 6.45) is 3.26. The molecule has 2 aromatic rings. The summed E-state index contributed by atoms with van der Waals surface area (Å²) in [7, 11) is 0. The summed E-state index contributed by atoms with van der Waals surface area (Å²) in [5.41, 5.74) is 0. The molecule has 2 rings (SSSR count). The van der Waals surface area contributed by atoms with E-state index in [1.54, 1.807) is 12.5 Å². The molecule has 2 aromatic heterocycles. The Kier molecular flexibility index (Phi) is 5.04. The van der Waals surface area contributed by atoms with Gasteiger partial charge in [-0.2, -0.15) is 0 Å². The van der Waals surface area contributed by atoms with Crippen molar-refractivity contribution in [3.8, 4) is 0 Å². The predicted molar refractivity (Wildman–Crippen MR) is 53.1 cm³/mol. The summed E-state index contributed by atoms with van der Waals surface area (Å²) in [6, 6.07) is 7.43. The van der Waals surface area contributed by atoms with Gasteiger partial charge in [0.2, 0.25) is 0 Å². The summed E-state index contributed by atoms with van der Waals surface area (Å²) in [5.74, 6) is 1.65. The van der Waals surface area contributed by atoms with Gasteiger partial charge in [0.1, 0.15) is 24.7 Å². The first kappa shape index (κ1) is 11.6. The molecular formula is C10H11NaO3. The zero-order valence-electron chi connectivity index (χ0n) is 7.10. The normalized spacial score (nSPS) is 9.71. The molecule has 0 aliphatic carbocycles. The molecule has 0 unspecified atom stereocenters. The Morgan fingerprint density at radius 2 is 1.43 bits per heavy atom. The van der Waals surface area contributed by atoms with E-state index in [2.05, 4.69) is 0 Å². The molecule has 0 aromatic carbocycles. The molecule has 2 heterocycles. The van der Waals surface area contributed by atoms with Crippen LogP contribution in [0.4, 0.5) is 0 Å². The van der Waals surface area contributed by atoms with Crippen LogP contribution in [0.15, 0.2) is 45.6 Å². The molecule has 0 spiro atoms. The maximum atomic E-state index is 5.33. The van der Waals surface area contributed by atoms with Crippen molar-refractivity contribution in [3.63, 3.8) is 0 Å². The van der Waals surface area contributed by atoms with Crippen LogP contribution in [-0.2, 0) is 18.0 Å². The minimum absolute atomic E-state index is 0. The van der Waals surface area contributed by atoms with Gasteiger partial charge in [-0.25, -0.2) is 0 Å². The van der Waals surface area contributed by atoms with Gasteiger partial charge in [0.05, 0.1) is 12.5 Å². The topological polar surface area (TPSA) is 35.5 Å². The fourth-order valence-corrected chi connectivity index (χ4v) is 1.04. The van der Waals surface area contributed by atoms with Crippen molar-refractivity contribution >= 4 is 29.6 Å². The molecule has 0 N–H and O–H groups in total. The van der Waals surface area contributed by atoms with E-state index in [0.717, 1.165) is 11.5 Å². The zero-order valence-corrected chi connectivity index (χ0v) is 7.10. The van der Waals surface area contributed by atoms with Gasteiger partial charge in [0.25, 0.3) is 0 Å². The van der Waals surface area contributed by atoms with Crippen LogP contribution in [0.2, 0.25) is 0 Å². The zero-order chi connectivity index (χ0) is 8.93. The van der Waals surface area contributed by atoms with Crippen LogP contribution >= 0.6 is 0 Å². The largest absolute Gasteiger partial charge is 0.467 e. The minimum atomic E-state index is 0. The van der Waals surface area contributed by atoms with Crippen LogP contribution in [0.5, 0.6) is 0 Å². The molecule has 0 saturated carbocycles. The monoisotopic (exact) mass is 202 g/mol. The van der Waals surface area contributed by atoms with Crippen LogP contribution < -0.4 is 0 Å². The van der Waals surface area contributed by atoms with Crippen molar-refractivity contribution in [3.05, 3.63) is 48.3 Å². The molecule has 70 valence electrons. The van der Waals surface area contributed by atoms with E-state index in [-0.39, 0.29) is 29.6 Å². The second-order valence-electron chi connectivity index (χ2n) is 2.65. The molecule has 0 atom stereocenters. The maximum absolute atomic E-state index is 5.33. The fourth-order valence-electron chi connectivity index (χ4n) is 1.04. The molecule has 0 saturated heterocycles. The van der Waals surface area contributed by atoms with Crippen molar-refractivity contribution < 1.29 is 13.6 Å². The second kappa shape index (κ2) is 6.09. The van der Waals surface area contributed by atoms with Crippen LogP contribution in [-0.4, -0.2) is 29.6 Å². The van der Waals surface area contributed by atoms with Gasteiger partial charge < -0.3 is 13.6 Å². The summed E-state index contributed by atoms with van der Waals surface area (Å²) >= 11 is 0. The molecule has 0 radical (unpaired) electrons. The van der Waals surface area contributed by atoms with E-state index in [9.17, 15) is 0 Å². The first-order chi connectivity index (χ1) is 6.45. The van der Waals surface area contributed by atoms with Crippen LogP contribution in [0.1, 0.15) is 11.5 Å².